The third-order valence-electron chi connectivity index (χ3n) is 2.38. The lowest BCUT2D eigenvalue weighted by Crippen LogP contribution is -2.09. The fourth-order valence-corrected chi connectivity index (χ4v) is 2.56. The maximum atomic E-state index is 6.13. The van der Waals surface area contributed by atoms with Crippen LogP contribution in [0.25, 0.3) is 0 Å². The third-order valence-corrected chi connectivity index (χ3v) is 3.69. The molecule has 0 aliphatic heterocycles. The van der Waals surface area contributed by atoms with Crippen LogP contribution in [0, 0.1) is 0 Å². The number of hydrogen-bond acceptors (Lipinski definition) is 3. The van der Waals surface area contributed by atoms with Gasteiger partial charge in [-0.1, -0.05) is 23.7 Å². The zero-order chi connectivity index (χ0) is 11.5. The van der Waals surface area contributed by atoms with Crippen LogP contribution in [0.4, 0.5) is 0 Å². The average Bonchev–Trinajstić information content (AvgIpc) is 2.75. The Morgan fingerprint density at radius 1 is 1.19 bits per heavy atom. The second-order valence-electron chi connectivity index (χ2n) is 3.39. The van der Waals surface area contributed by atoms with E-state index in [4.69, 9.17) is 22.1 Å². The fourth-order valence-electron chi connectivity index (χ4n) is 1.47. The molecular weight excluding hydrogens is 242 g/mol. The average molecular weight is 254 g/mol. The molecule has 16 heavy (non-hydrogen) atoms. The largest absolute Gasteiger partial charge is 0.497 e. The molecule has 0 spiro atoms. The van der Waals surface area contributed by atoms with Gasteiger partial charge in [0, 0.05) is 4.88 Å². The van der Waals surface area contributed by atoms with Gasteiger partial charge < -0.3 is 10.5 Å². The van der Waals surface area contributed by atoms with Gasteiger partial charge in [0.25, 0.3) is 0 Å². The van der Waals surface area contributed by atoms with Crippen molar-refractivity contribution < 1.29 is 4.74 Å². The molecule has 84 valence electrons. The molecule has 0 fully saturated rings. The Balaban J connectivity index is 2.23. The summed E-state index contributed by atoms with van der Waals surface area (Å²) in [7, 11) is 1.65. The van der Waals surface area contributed by atoms with E-state index < -0.39 is 0 Å². The highest BCUT2D eigenvalue weighted by Crippen LogP contribution is 2.29. The number of ether oxygens (including phenoxy) is 1. The van der Waals surface area contributed by atoms with Crippen molar-refractivity contribution in [3.05, 3.63) is 51.2 Å². The molecule has 1 atom stereocenters. The topological polar surface area (TPSA) is 35.2 Å². The molecule has 2 N–H and O–H groups in total. The maximum absolute atomic E-state index is 6.13. The summed E-state index contributed by atoms with van der Waals surface area (Å²) in [5, 5.41) is 0. The molecule has 0 saturated carbocycles. The highest BCUT2D eigenvalue weighted by atomic mass is 35.5. The van der Waals surface area contributed by atoms with Crippen LogP contribution in [0.3, 0.4) is 0 Å². The van der Waals surface area contributed by atoms with E-state index in [1.54, 1.807) is 7.11 Å². The molecule has 0 aliphatic rings. The first-order chi connectivity index (χ1) is 7.70. The molecule has 2 nitrogen and oxygen atoms in total. The van der Waals surface area contributed by atoms with Crippen molar-refractivity contribution in [1.29, 1.82) is 0 Å². The van der Waals surface area contributed by atoms with Gasteiger partial charge in [-0.15, -0.1) is 11.3 Å². The van der Waals surface area contributed by atoms with E-state index in [9.17, 15) is 0 Å². The van der Waals surface area contributed by atoms with E-state index in [0.29, 0.717) is 0 Å². The van der Waals surface area contributed by atoms with E-state index in [1.807, 2.05) is 36.4 Å². The van der Waals surface area contributed by atoms with Gasteiger partial charge in [-0.2, -0.15) is 0 Å². The lowest BCUT2D eigenvalue weighted by atomic mass is 10.1. The zero-order valence-corrected chi connectivity index (χ0v) is 10.4. The first kappa shape index (κ1) is 11.5. The number of halogens is 1. The third kappa shape index (κ3) is 2.38. The summed E-state index contributed by atoms with van der Waals surface area (Å²) in [5.74, 6) is 0.833. The summed E-state index contributed by atoms with van der Waals surface area (Å²) in [6, 6.07) is 11.5. The van der Waals surface area contributed by atoms with Crippen molar-refractivity contribution in [2.75, 3.05) is 7.11 Å². The normalized spacial score (nSPS) is 12.4. The quantitative estimate of drug-likeness (QED) is 0.909. The first-order valence-corrected chi connectivity index (χ1v) is 6.05. The Labute approximate surface area is 104 Å². The molecule has 0 aliphatic carbocycles. The van der Waals surface area contributed by atoms with E-state index in [-0.39, 0.29) is 6.04 Å². The van der Waals surface area contributed by atoms with Crippen LogP contribution in [0.5, 0.6) is 5.75 Å². The van der Waals surface area contributed by atoms with Crippen molar-refractivity contribution >= 4 is 22.9 Å². The number of hydrogen-bond donors (Lipinski definition) is 1. The monoisotopic (exact) mass is 253 g/mol. The molecule has 1 heterocycles. The van der Waals surface area contributed by atoms with Gasteiger partial charge in [-0.25, -0.2) is 0 Å². The van der Waals surface area contributed by atoms with Gasteiger partial charge in [0.05, 0.1) is 17.5 Å². The Hall–Kier alpha value is -1.03. The number of thiophene rings is 1. The van der Waals surface area contributed by atoms with Crippen LogP contribution in [0.15, 0.2) is 36.4 Å². The van der Waals surface area contributed by atoms with Crippen LogP contribution >= 0.6 is 22.9 Å². The number of benzene rings is 1. The molecule has 2 aromatic rings. The van der Waals surface area contributed by atoms with E-state index in [2.05, 4.69) is 0 Å². The second-order valence-corrected chi connectivity index (χ2v) is 5.14. The zero-order valence-electron chi connectivity index (χ0n) is 8.81. The molecule has 0 bridgehead atoms. The van der Waals surface area contributed by atoms with E-state index in [1.165, 1.54) is 11.3 Å². The number of nitrogens with two attached hydrogens (primary N) is 1. The summed E-state index contributed by atoms with van der Waals surface area (Å²) in [6.07, 6.45) is 0. The van der Waals surface area contributed by atoms with Crippen LogP contribution < -0.4 is 10.5 Å². The molecule has 0 amide bonds. The molecule has 1 unspecified atom stereocenters. The minimum absolute atomic E-state index is 0.122. The SMILES string of the molecule is COc1ccc(C(N)c2ccc(Cl)s2)cc1. The smallest absolute Gasteiger partial charge is 0.118 e. The van der Waals surface area contributed by atoms with Crippen molar-refractivity contribution in [3.63, 3.8) is 0 Å². The van der Waals surface area contributed by atoms with Crippen molar-refractivity contribution in [1.82, 2.24) is 0 Å². The lowest BCUT2D eigenvalue weighted by Gasteiger charge is -2.10. The summed E-state index contributed by atoms with van der Waals surface area (Å²) >= 11 is 7.39. The Kier molecular flexibility index (Phi) is 3.49. The van der Waals surface area contributed by atoms with Gasteiger partial charge in [0.2, 0.25) is 0 Å². The summed E-state index contributed by atoms with van der Waals surface area (Å²) < 4.78 is 5.86. The molecular formula is C12H12ClNOS. The maximum Gasteiger partial charge on any atom is 0.118 e. The molecule has 2 rings (SSSR count). The van der Waals surface area contributed by atoms with Crippen molar-refractivity contribution in [3.8, 4) is 5.75 Å². The highest BCUT2D eigenvalue weighted by Gasteiger charge is 2.11. The Bertz CT molecular complexity index is 466. The summed E-state index contributed by atoms with van der Waals surface area (Å²) in [4.78, 5) is 1.06. The van der Waals surface area contributed by atoms with Crippen molar-refractivity contribution in [2.45, 2.75) is 6.04 Å². The Morgan fingerprint density at radius 3 is 2.38 bits per heavy atom. The lowest BCUT2D eigenvalue weighted by molar-refractivity contribution is 0.414. The number of rotatable bonds is 3. The summed E-state index contributed by atoms with van der Waals surface area (Å²) in [6.45, 7) is 0. The van der Waals surface area contributed by atoms with Gasteiger partial charge >= 0.3 is 0 Å². The van der Waals surface area contributed by atoms with Crippen LogP contribution in [0.1, 0.15) is 16.5 Å². The summed E-state index contributed by atoms with van der Waals surface area (Å²) in [5.41, 5.74) is 7.19. The minimum Gasteiger partial charge on any atom is -0.497 e. The van der Waals surface area contributed by atoms with Gasteiger partial charge in [-0.05, 0) is 29.8 Å². The fraction of sp³-hybridized carbons (Fsp3) is 0.167. The highest BCUT2D eigenvalue weighted by molar-refractivity contribution is 7.16. The van der Waals surface area contributed by atoms with Crippen LogP contribution in [-0.4, -0.2) is 7.11 Å². The predicted octanol–water partition coefficient (Wildman–Crippen LogP) is 3.46. The van der Waals surface area contributed by atoms with E-state index >= 15 is 0 Å². The van der Waals surface area contributed by atoms with Gasteiger partial charge in [0.15, 0.2) is 0 Å². The van der Waals surface area contributed by atoms with Crippen LogP contribution in [-0.2, 0) is 0 Å². The van der Waals surface area contributed by atoms with Gasteiger partial charge in [-0.3, -0.25) is 0 Å². The number of methoxy groups -OCH3 is 1. The molecule has 0 saturated heterocycles. The second kappa shape index (κ2) is 4.87. The predicted molar refractivity (Wildman–Crippen MR) is 68.4 cm³/mol. The van der Waals surface area contributed by atoms with E-state index in [0.717, 1.165) is 20.5 Å². The van der Waals surface area contributed by atoms with Crippen LogP contribution in [0.2, 0.25) is 4.34 Å². The molecule has 1 aromatic heterocycles. The first-order valence-electron chi connectivity index (χ1n) is 4.85. The minimum atomic E-state index is -0.122. The molecule has 4 heteroatoms. The molecule has 1 aromatic carbocycles. The standard InChI is InChI=1S/C12H12ClNOS/c1-15-9-4-2-8(3-5-9)12(14)10-6-7-11(13)16-10/h2-7,12H,14H2,1H3. The van der Waals surface area contributed by atoms with Gasteiger partial charge in [0.1, 0.15) is 5.75 Å². The Morgan fingerprint density at radius 2 is 1.88 bits per heavy atom. The van der Waals surface area contributed by atoms with Crippen molar-refractivity contribution in [2.24, 2.45) is 5.73 Å². The molecule has 0 radical (unpaired) electrons.